The molecule has 0 heterocycles. The zero-order valence-electron chi connectivity index (χ0n) is 9.42. The Morgan fingerprint density at radius 1 is 1.12 bits per heavy atom. The van der Waals surface area contributed by atoms with Gasteiger partial charge in [0.2, 0.25) is 0 Å². The van der Waals surface area contributed by atoms with E-state index in [0.29, 0.717) is 0 Å². The van der Waals surface area contributed by atoms with Gasteiger partial charge in [-0.25, -0.2) is 0 Å². The van der Waals surface area contributed by atoms with Crippen molar-refractivity contribution in [3.8, 4) is 0 Å². The molecule has 1 aromatic rings. The second kappa shape index (κ2) is 5.83. The van der Waals surface area contributed by atoms with Gasteiger partial charge in [0.25, 0.3) is 0 Å². The van der Waals surface area contributed by atoms with Crippen molar-refractivity contribution in [2.45, 2.75) is 48.7 Å². The average molecular weight is 256 g/mol. The Labute approximate surface area is 107 Å². The van der Waals surface area contributed by atoms with Crippen molar-refractivity contribution in [1.29, 1.82) is 0 Å². The van der Waals surface area contributed by atoms with E-state index < -0.39 is 0 Å². The summed E-state index contributed by atoms with van der Waals surface area (Å²) in [7, 11) is 0. The van der Waals surface area contributed by atoms with Gasteiger partial charge in [-0.2, -0.15) is 0 Å². The summed E-state index contributed by atoms with van der Waals surface area (Å²) in [6.07, 6.45) is 8.18. The van der Waals surface area contributed by atoms with Crippen molar-refractivity contribution in [3.63, 3.8) is 0 Å². The maximum atomic E-state index is 5.97. The highest BCUT2D eigenvalue weighted by Crippen LogP contribution is 2.36. The summed E-state index contributed by atoms with van der Waals surface area (Å²) in [6, 6.07) is 5.82. The van der Waals surface area contributed by atoms with E-state index in [0.717, 1.165) is 16.0 Å². The lowest BCUT2D eigenvalue weighted by Gasteiger charge is -2.14. The lowest BCUT2D eigenvalue weighted by molar-refractivity contribution is 0.702. The van der Waals surface area contributed by atoms with Crippen LogP contribution in [0.2, 0.25) is 5.02 Å². The molecule has 0 bridgehead atoms. The van der Waals surface area contributed by atoms with Gasteiger partial charge in [0, 0.05) is 20.9 Å². The Balaban J connectivity index is 2.01. The topological polar surface area (TPSA) is 26.0 Å². The SMILES string of the molecule is Nc1cc(Cl)ccc1SC1CCCCCC1. The number of hydrogen-bond donors (Lipinski definition) is 1. The number of halogens is 1. The van der Waals surface area contributed by atoms with Crippen molar-refractivity contribution in [1.82, 2.24) is 0 Å². The first-order valence-corrected chi connectivity index (χ1v) is 7.23. The van der Waals surface area contributed by atoms with Crippen LogP contribution in [0.25, 0.3) is 0 Å². The zero-order chi connectivity index (χ0) is 11.4. The molecule has 0 amide bonds. The molecule has 1 saturated carbocycles. The van der Waals surface area contributed by atoms with Crippen LogP contribution in [0.4, 0.5) is 5.69 Å². The van der Waals surface area contributed by atoms with Gasteiger partial charge in [-0.1, -0.05) is 37.3 Å². The van der Waals surface area contributed by atoms with Gasteiger partial charge in [-0.15, -0.1) is 11.8 Å². The second-order valence-corrected chi connectivity index (χ2v) is 6.19. The molecular formula is C13H18ClNS. The van der Waals surface area contributed by atoms with Crippen molar-refractivity contribution in [3.05, 3.63) is 23.2 Å². The smallest absolute Gasteiger partial charge is 0.0467 e. The molecule has 1 aliphatic rings. The number of benzene rings is 1. The number of anilines is 1. The Bertz CT molecular complexity index is 346. The predicted octanol–water partition coefficient (Wildman–Crippen LogP) is 4.74. The number of hydrogen-bond acceptors (Lipinski definition) is 2. The monoisotopic (exact) mass is 255 g/mol. The molecule has 1 aromatic carbocycles. The summed E-state index contributed by atoms with van der Waals surface area (Å²) in [5, 5.41) is 1.47. The normalized spacial score (nSPS) is 18.3. The fourth-order valence-electron chi connectivity index (χ4n) is 2.17. The molecule has 1 aliphatic carbocycles. The molecule has 1 fully saturated rings. The number of rotatable bonds is 2. The van der Waals surface area contributed by atoms with E-state index in [2.05, 4.69) is 0 Å². The Hall–Kier alpha value is -0.340. The lowest BCUT2D eigenvalue weighted by atomic mass is 10.2. The fraction of sp³-hybridized carbons (Fsp3) is 0.538. The molecule has 0 radical (unpaired) electrons. The van der Waals surface area contributed by atoms with E-state index in [1.807, 2.05) is 30.0 Å². The van der Waals surface area contributed by atoms with Crippen LogP contribution in [0, 0.1) is 0 Å². The van der Waals surface area contributed by atoms with Gasteiger partial charge < -0.3 is 5.73 Å². The first-order chi connectivity index (χ1) is 7.75. The van der Waals surface area contributed by atoms with E-state index in [1.54, 1.807) is 0 Å². The summed E-state index contributed by atoms with van der Waals surface area (Å²) in [5.41, 5.74) is 6.79. The molecule has 16 heavy (non-hydrogen) atoms. The fourth-order valence-corrected chi connectivity index (χ4v) is 3.62. The maximum absolute atomic E-state index is 5.97. The molecule has 2 rings (SSSR count). The van der Waals surface area contributed by atoms with E-state index in [-0.39, 0.29) is 0 Å². The van der Waals surface area contributed by atoms with Crippen LogP contribution in [0.3, 0.4) is 0 Å². The third kappa shape index (κ3) is 3.33. The Morgan fingerprint density at radius 2 is 1.81 bits per heavy atom. The second-order valence-electron chi connectivity index (χ2n) is 4.41. The standard InChI is InChI=1S/C13H18ClNS/c14-10-7-8-13(12(15)9-10)16-11-5-3-1-2-4-6-11/h7-9,11H,1-6,15H2. The lowest BCUT2D eigenvalue weighted by Crippen LogP contribution is -2.01. The number of nitrogen functional groups attached to an aromatic ring is 1. The van der Waals surface area contributed by atoms with Gasteiger partial charge in [0.1, 0.15) is 0 Å². The molecule has 88 valence electrons. The number of nitrogens with two attached hydrogens (primary N) is 1. The summed E-state index contributed by atoms with van der Waals surface area (Å²) in [5.74, 6) is 0. The summed E-state index contributed by atoms with van der Waals surface area (Å²) < 4.78 is 0. The minimum absolute atomic E-state index is 0.725. The predicted molar refractivity (Wildman–Crippen MR) is 73.2 cm³/mol. The average Bonchev–Trinajstić information content (AvgIpc) is 2.51. The largest absolute Gasteiger partial charge is 0.398 e. The first-order valence-electron chi connectivity index (χ1n) is 5.97. The molecule has 0 atom stereocenters. The molecular weight excluding hydrogens is 238 g/mol. The van der Waals surface area contributed by atoms with Crippen LogP contribution in [-0.2, 0) is 0 Å². The highest BCUT2D eigenvalue weighted by atomic mass is 35.5. The van der Waals surface area contributed by atoms with Gasteiger partial charge in [0.15, 0.2) is 0 Å². The van der Waals surface area contributed by atoms with Crippen molar-refractivity contribution in [2.24, 2.45) is 0 Å². The van der Waals surface area contributed by atoms with Gasteiger partial charge in [-0.05, 0) is 31.0 Å². The minimum Gasteiger partial charge on any atom is -0.398 e. The summed E-state index contributed by atoms with van der Waals surface area (Å²) in [4.78, 5) is 1.19. The van der Waals surface area contributed by atoms with E-state index in [9.17, 15) is 0 Å². The first kappa shape index (κ1) is 12.1. The van der Waals surface area contributed by atoms with Crippen molar-refractivity contribution < 1.29 is 0 Å². The number of thioether (sulfide) groups is 1. The van der Waals surface area contributed by atoms with Crippen LogP contribution >= 0.6 is 23.4 Å². The van der Waals surface area contributed by atoms with Gasteiger partial charge in [0.05, 0.1) is 0 Å². The Morgan fingerprint density at radius 3 is 2.44 bits per heavy atom. The third-order valence-electron chi connectivity index (χ3n) is 3.07. The van der Waals surface area contributed by atoms with Crippen LogP contribution in [-0.4, -0.2) is 5.25 Å². The molecule has 0 unspecified atom stereocenters. The highest BCUT2D eigenvalue weighted by molar-refractivity contribution is 8.00. The van der Waals surface area contributed by atoms with Crippen LogP contribution in [0.5, 0.6) is 0 Å². The quantitative estimate of drug-likeness (QED) is 0.610. The summed E-state index contributed by atoms with van der Waals surface area (Å²) >= 11 is 7.83. The molecule has 2 N–H and O–H groups in total. The van der Waals surface area contributed by atoms with Crippen molar-refractivity contribution in [2.75, 3.05) is 5.73 Å². The third-order valence-corrected chi connectivity index (χ3v) is 4.73. The van der Waals surface area contributed by atoms with E-state index in [4.69, 9.17) is 17.3 Å². The zero-order valence-corrected chi connectivity index (χ0v) is 11.0. The molecule has 0 aromatic heterocycles. The van der Waals surface area contributed by atoms with Gasteiger partial charge >= 0.3 is 0 Å². The Kier molecular flexibility index (Phi) is 4.42. The van der Waals surface area contributed by atoms with Gasteiger partial charge in [-0.3, -0.25) is 0 Å². The maximum Gasteiger partial charge on any atom is 0.0467 e. The molecule has 1 nitrogen and oxygen atoms in total. The molecule has 0 spiro atoms. The van der Waals surface area contributed by atoms with Crippen LogP contribution < -0.4 is 5.73 Å². The summed E-state index contributed by atoms with van der Waals surface area (Å²) in [6.45, 7) is 0. The molecule has 3 heteroatoms. The minimum atomic E-state index is 0.725. The van der Waals surface area contributed by atoms with Crippen molar-refractivity contribution >= 4 is 29.1 Å². The highest BCUT2D eigenvalue weighted by Gasteiger charge is 2.14. The van der Waals surface area contributed by atoms with E-state index in [1.165, 1.54) is 43.4 Å². The van der Waals surface area contributed by atoms with Crippen LogP contribution in [0.1, 0.15) is 38.5 Å². The molecule has 0 saturated heterocycles. The van der Waals surface area contributed by atoms with Crippen LogP contribution in [0.15, 0.2) is 23.1 Å². The molecule has 0 aliphatic heterocycles. The van der Waals surface area contributed by atoms with E-state index >= 15 is 0 Å².